The van der Waals surface area contributed by atoms with Gasteiger partial charge >= 0.3 is 0 Å². The number of nitrogens with one attached hydrogen (secondary N) is 3. The molecule has 10 heteroatoms. The Labute approximate surface area is 116 Å². The number of aromatic amines is 1. The molecule has 0 amide bonds. The van der Waals surface area contributed by atoms with Crippen LogP contribution in [0.2, 0.25) is 0 Å². The first-order chi connectivity index (χ1) is 9.63. The molecule has 9 nitrogen and oxygen atoms in total. The number of sulfonamides is 1. The number of H-pyrrole nitrogens is 1. The van der Waals surface area contributed by atoms with E-state index in [1.54, 1.807) is 6.07 Å². The van der Waals surface area contributed by atoms with Gasteiger partial charge in [0.05, 0.1) is 12.2 Å². The molecule has 2 aromatic rings. The van der Waals surface area contributed by atoms with Crippen LogP contribution in [-0.2, 0) is 16.6 Å². The Hall–Kier alpha value is -2.07. The third kappa shape index (κ3) is 3.48. The molecule has 3 N–H and O–H groups in total. The zero-order valence-corrected chi connectivity index (χ0v) is 11.7. The van der Waals surface area contributed by atoms with Crippen LogP contribution in [0, 0.1) is 0 Å². The molecule has 0 spiro atoms. The first-order valence-corrected chi connectivity index (χ1v) is 7.51. The molecule has 0 aliphatic heterocycles. The van der Waals surface area contributed by atoms with Crippen LogP contribution in [0.25, 0.3) is 0 Å². The largest absolute Gasteiger partial charge is 0.384 e. The summed E-state index contributed by atoms with van der Waals surface area (Å²) in [5, 5.41) is 16.0. The van der Waals surface area contributed by atoms with Crippen LogP contribution in [0.3, 0.4) is 0 Å². The number of pyridine rings is 1. The molecule has 108 valence electrons. The van der Waals surface area contributed by atoms with Crippen molar-refractivity contribution in [1.82, 2.24) is 30.3 Å². The van der Waals surface area contributed by atoms with Gasteiger partial charge in [-0.15, -0.1) is 10.2 Å². The van der Waals surface area contributed by atoms with E-state index >= 15 is 0 Å². The predicted molar refractivity (Wildman–Crippen MR) is 71.2 cm³/mol. The molecule has 0 aliphatic carbocycles. The van der Waals surface area contributed by atoms with Crippen molar-refractivity contribution in [1.29, 1.82) is 0 Å². The number of hydrogen-bond donors (Lipinski definition) is 3. The molecule has 2 rings (SSSR count). The number of anilines is 1. The van der Waals surface area contributed by atoms with Gasteiger partial charge in [-0.3, -0.25) is 4.98 Å². The minimum Gasteiger partial charge on any atom is -0.384 e. The Balaban J connectivity index is 2.16. The maximum atomic E-state index is 12.2. The molecule has 0 fully saturated rings. The fourth-order valence-electron chi connectivity index (χ4n) is 1.49. The smallest absolute Gasteiger partial charge is 0.244 e. The minimum absolute atomic E-state index is 0.0407. The summed E-state index contributed by atoms with van der Waals surface area (Å²) < 4.78 is 26.9. The highest BCUT2D eigenvalue weighted by molar-refractivity contribution is 7.89. The lowest BCUT2D eigenvalue weighted by molar-refractivity contribution is 0.579. The summed E-state index contributed by atoms with van der Waals surface area (Å²) in [4.78, 5) is 3.95. The van der Waals surface area contributed by atoms with Crippen LogP contribution in [0.15, 0.2) is 23.4 Å². The Kier molecular flexibility index (Phi) is 4.58. The topological polar surface area (TPSA) is 126 Å². The molecule has 0 aliphatic rings. The van der Waals surface area contributed by atoms with Gasteiger partial charge in [0.2, 0.25) is 10.0 Å². The van der Waals surface area contributed by atoms with Gasteiger partial charge in [-0.2, -0.15) is 5.21 Å². The summed E-state index contributed by atoms with van der Waals surface area (Å²) in [5.74, 6) is 0.264. The first kappa shape index (κ1) is 14.3. The van der Waals surface area contributed by atoms with Gasteiger partial charge < -0.3 is 5.32 Å². The van der Waals surface area contributed by atoms with Gasteiger partial charge in [0.15, 0.2) is 5.82 Å². The number of nitrogens with zero attached hydrogens (tertiary/aromatic N) is 4. The predicted octanol–water partition coefficient (Wildman–Crippen LogP) is -0.105. The molecular formula is C10H15N7O2S. The van der Waals surface area contributed by atoms with Crippen LogP contribution in [0.1, 0.15) is 19.2 Å². The molecule has 2 aromatic heterocycles. The van der Waals surface area contributed by atoms with Gasteiger partial charge in [-0.05, 0) is 12.5 Å². The number of tetrazole rings is 1. The van der Waals surface area contributed by atoms with E-state index in [4.69, 9.17) is 0 Å². The summed E-state index contributed by atoms with van der Waals surface area (Å²) >= 11 is 0. The van der Waals surface area contributed by atoms with Crippen molar-refractivity contribution in [2.24, 2.45) is 0 Å². The van der Waals surface area contributed by atoms with Crippen LogP contribution in [0.5, 0.6) is 0 Å². The average molecular weight is 297 g/mol. The van der Waals surface area contributed by atoms with Crippen molar-refractivity contribution in [3.8, 4) is 0 Å². The van der Waals surface area contributed by atoms with Gasteiger partial charge in [0.1, 0.15) is 4.90 Å². The maximum absolute atomic E-state index is 12.2. The minimum atomic E-state index is -3.69. The van der Waals surface area contributed by atoms with Crippen molar-refractivity contribution < 1.29 is 8.42 Å². The fraction of sp³-hybridized carbons (Fsp3) is 0.400. The molecule has 0 aromatic carbocycles. The Morgan fingerprint density at radius 3 is 2.95 bits per heavy atom. The second-order valence-corrected chi connectivity index (χ2v) is 5.69. The molecule has 0 bridgehead atoms. The van der Waals surface area contributed by atoms with Gasteiger partial charge in [0, 0.05) is 18.9 Å². The van der Waals surface area contributed by atoms with E-state index in [-0.39, 0.29) is 17.3 Å². The van der Waals surface area contributed by atoms with E-state index in [1.807, 2.05) is 6.92 Å². The molecule has 0 saturated carbocycles. The van der Waals surface area contributed by atoms with E-state index in [0.29, 0.717) is 12.2 Å². The second-order valence-electron chi connectivity index (χ2n) is 3.95. The molecule has 2 heterocycles. The van der Waals surface area contributed by atoms with Crippen molar-refractivity contribution in [3.63, 3.8) is 0 Å². The van der Waals surface area contributed by atoms with E-state index in [9.17, 15) is 8.42 Å². The van der Waals surface area contributed by atoms with E-state index in [0.717, 1.165) is 6.42 Å². The lowest BCUT2D eigenvalue weighted by Gasteiger charge is -2.11. The standard InChI is InChI=1S/C10H15N7O2S/c1-2-4-12-8-3-5-11-6-9(8)20(18,19)13-7-10-14-16-17-15-10/h3,5-6,13H,2,4,7H2,1H3,(H,11,12)(H,14,15,16,17). The quantitative estimate of drug-likeness (QED) is 0.651. The van der Waals surface area contributed by atoms with E-state index < -0.39 is 10.0 Å². The van der Waals surface area contributed by atoms with Crippen molar-refractivity contribution >= 4 is 15.7 Å². The van der Waals surface area contributed by atoms with Gasteiger partial charge in [-0.25, -0.2) is 13.1 Å². The summed E-state index contributed by atoms with van der Waals surface area (Å²) in [6.45, 7) is 2.63. The molecule has 0 radical (unpaired) electrons. The molecule has 0 saturated heterocycles. The Morgan fingerprint density at radius 2 is 2.25 bits per heavy atom. The lowest BCUT2D eigenvalue weighted by atomic mass is 10.4. The Morgan fingerprint density at radius 1 is 1.40 bits per heavy atom. The highest BCUT2D eigenvalue weighted by atomic mass is 32.2. The third-order valence-electron chi connectivity index (χ3n) is 2.45. The van der Waals surface area contributed by atoms with Crippen LogP contribution in [0.4, 0.5) is 5.69 Å². The van der Waals surface area contributed by atoms with Crippen LogP contribution in [-0.4, -0.2) is 40.6 Å². The Bertz CT molecular complexity index is 641. The molecule has 0 atom stereocenters. The van der Waals surface area contributed by atoms with Crippen molar-refractivity contribution in [3.05, 3.63) is 24.3 Å². The fourth-order valence-corrected chi connectivity index (χ4v) is 2.60. The highest BCUT2D eigenvalue weighted by Gasteiger charge is 2.19. The summed E-state index contributed by atoms with van der Waals surface area (Å²) in [7, 11) is -3.69. The average Bonchev–Trinajstić information content (AvgIpc) is 2.97. The normalized spacial score (nSPS) is 11.4. The lowest BCUT2D eigenvalue weighted by Crippen LogP contribution is -2.25. The summed E-state index contributed by atoms with van der Waals surface area (Å²) in [5.41, 5.74) is 0.516. The second kappa shape index (κ2) is 6.39. The van der Waals surface area contributed by atoms with Crippen LogP contribution < -0.4 is 10.0 Å². The van der Waals surface area contributed by atoms with Crippen molar-refractivity contribution in [2.45, 2.75) is 24.8 Å². The van der Waals surface area contributed by atoms with Gasteiger partial charge in [-0.1, -0.05) is 12.1 Å². The van der Waals surface area contributed by atoms with E-state index in [1.165, 1.54) is 12.4 Å². The third-order valence-corrected chi connectivity index (χ3v) is 3.88. The number of aromatic nitrogens is 5. The van der Waals surface area contributed by atoms with Gasteiger partial charge in [0.25, 0.3) is 0 Å². The van der Waals surface area contributed by atoms with Crippen LogP contribution >= 0.6 is 0 Å². The first-order valence-electron chi connectivity index (χ1n) is 6.03. The highest BCUT2D eigenvalue weighted by Crippen LogP contribution is 2.19. The zero-order chi connectivity index (χ0) is 14.4. The SMILES string of the molecule is CCCNc1ccncc1S(=O)(=O)NCc1nn[nH]n1. The summed E-state index contributed by atoms with van der Waals surface area (Å²) in [6, 6.07) is 1.62. The number of rotatable bonds is 7. The molecule has 0 unspecified atom stereocenters. The molecule has 20 heavy (non-hydrogen) atoms. The zero-order valence-electron chi connectivity index (χ0n) is 10.9. The van der Waals surface area contributed by atoms with Crippen molar-refractivity contribution in [2.75, 3.05) is 11.9 Å². The monoisotopic (exact) mass is 297 g/mol. The molecular weight excluding hydrogens is 282 g/mol. The maximum Gasteiger partial charge on any atom is 0.244 e. The summed E-state index contributed by atoms with van der Waals surface area (Å²) in [6.07, 6.45) is 3.73. The van der Waals surface area contributed by atoms with E-state index in [2.05, 4.69) is 35.6 Å². The number of hydrogen-bond acceptors (Lipinski definition) is 7.